The lowest BCUT2D eigenvalue weighted by atomic mass is 10.0. The first-order valence-electron chi connectivity index (χ1n) is 4.89. The third-order valence-corrected chi connectivity index (χ3v) is 3.20. The highest BCUT2D eigenvalue weighted by molar-refractivity contribution is 6.45. The Bertz CT molecular complexity index is 451. The highest BCUT2D eigenvalue weighted by Crippen LogP contribution is 2.34. The van der Waals surface area contributed by atoms with Crippen LogP contribution in [0, 0.1) is 0 Å². The molecule has 0 aliphatic heterocycles. The Labute approximate surface area is 104 Å². The monoisotopic (exact) mass is 258 g/mol. The Kier molecular flexibility index (Phi) is 4.39. The smallest absolute Gasteiger partial charge is 0.190 e. The number of ketones is 1. The van der Waals surface area contributed by atoms with Gasteiger partial charge in [0.1, 0.15) is 10.8 Å². The van der Waals surface area contributed by atoms with Crippen molar-refractivity contribution in [1.29, 1.82) is 0 Å². The summed E-state index contributed by atoms with van der Waals surface area (Å²) in [5, 5.41) is 9.43. The molecule has 0 saturated carbocycles. The second kappa shape index (κ2) is 5.37. The van der Waals surface area contributed by atoms with E-state index < -0.39 is 0 Å². The van der Waals surface area contributed by atoms with Gasteiger partial charge in [0.2, 0.25) is 0 Å². The number of phenolic OH excluding ortho intramolecular Hbond substituents is 1. The van der Waals surface area contributed by atoms with E-state index in [1.54, 1.807) is 13.0 Å². The number of allylic oxidation sites excluding steroid dienone is 2. The molecule has 0 aromatic heterocycles. The summed E-state index contributed by atoms with van der Waals surface area (Å²) in [4.78, 5) is 12.0. The second-order valence-corrected chi connectivity index (χ2v) is 4.01. The molecule has 1 N–H and O–H groups in total. The van der Waals surface area contributed by atoms with E-state index >= 15 is 0 Å². The van der Waals surface area contributed by atoms with Crippen LogP contribution in [0.3, 0.4) is 0 Å². The normalized spacial score (nSPS) is 11.6. The van der Waals surface area contributed by atoms with Gasteiger partial charge in [0.15, 0.2) is 5.78 Å². The van der Waals surface area contributed by atoms with Crippen molar-refractivity contribution in [3.63, 3.8) is 0 Å². The maximum atomic E-state index is 12.0. The number of halogens is 2. The molecule has 0 heterocycles. The zero-order valence-corrected chi connectivity index (χ0v) is 10.6. The number of carbonyl (C=O) groups excluding carboxylic acids is 1. The number of hydrogen-bond acceptors (Lipinski definition) is 2. The van der Waals surface area contributed by atoms with Crippen LogP contribution >= 0.6 is 23.2 Å². The molecule has 2 nitrogen and oxygen atoms in total. The minimum atomic E-state index is -0.156. The average molecular weight is 259 g/mol. The Morgan fingerprint density at radius 3 is 2.50 bits per heavy atom. The van der Waals surface area contributed by atoms with Crippen LogP contribution in [0.15, 0.2) is 23.8 Å². The second-order valence-electron chi connectivity index (χ2n) is 3.26. The fourth-order valence-electron chi connectivity index (χ4n) is 1.38. The van der Waals surface area contributed by atoms with Crippen molar-refractivity contribution in [2.24, 2.45) is 0 Å². The SMILES string of the molecule is CC=C(CC)C(=O)c1ccc(O)c(Cl)c1Cl. The predicted molar refractivity (Wildman–Crippen MR) is 66.5 cm³/mol. The number of hydrogen-bond donors (Lipinski definition) is 1. The van der Waals surface area contributed by atoms with Crippen LogP contribution in [0.1, 0.15) is 30.6 Å². The Balaban J connectivity index is 3.25. The van der Waals surface area contributed by atoms with Crippen molar-refractivity contribution < 1.29 is 9.90 Å². The fraction of sp³-hybridized carbons (Fsp3) is 0.250. The van der Waals surface area contributed by atoms with Crippen LogP contribution in [0.2, 0.25) is 10.0 Å². The Morgan fingerprint density at radius 1 is 1.38 bits per heavy atom. The molecule has 0 unspecified atom stereocenters. The molecule has 86 valence electrons. The first-order valence-corrected chi connectivity index (χ1v) is 5.65. The first kappa shape index (κ1) is 13.1. The molecule has 1 rings (SSSR count). The number of carbonyl (C=O) groups is 1. The molecule has 0 bridgehead atoms. The molecule has 4 heteroatoms. The van der Waals surface area contributed by atoms with Crippen LogP contribution < -0.4 is 0 Å². The molecule has 1 aromatic rings. The lowest BCUT2D eigenvalue weighted by molar-refractivity contribution is 0.103. The molecule has 0 atom stereocenters. The standard InChI is InChI=1S/C12H12Cl2O2/c1-3-7(4-2)12(16)8-5-6-9(15)11(14)10(8)13/h3,5-6,15H,4H2,1-2H3. The molecule has 0 radical (unpaired) electrons. The molecule has 0 saturated heterocycles. The van der Waals surface area contributed by atoms with Crippen LogP contribution in [-0.2, 0) is 0 Å². The van der Waals surface area contributed by atoms with Gasteiger partial charge in [0.05, 0.1) is 5.02 Å². The van der Waals surface area contributed by atoms with E-state index in [9.17, 15) is 9.90 Å². The van der Waals surface area contributed by atoms with Gasteiger partial charge in [0.25, 0.3) is 0 Å². The number of phenols is 1. The van der Waals surface area contributed by atoms with E-state index in [4.69, 9.17) is 23.2 Å². The van der Waals surface area contributed by atoms with Crippen LogP contribution in [0.5, 0.6) is 5.75 Å². The molecule has 16 heavy (non-hydrogen) atoms. The Hall–Kier alpha value is -0.990. The van der Waals surface area contributed by atoms with Gasteiger partial charge in [-0.1, -0.05) is 36.2 Å². The average Bonchev–Trinajstić information content (AvgIpc) is 2.27. The van der Waals surface area contributed by atoms with Crippen LogP contribution in [0.25, 0.3) is 0 Å². The summed E-state index contributed by atoms with van der Waals surface area (Å²) in [6.45, 7) is 3.69. The van der Waals surface area contributed by atoms with E-state index in [1.807, 2.05) is 6.92 Å². The highest BCUT2D eigenvalue weighted by atomic mass is 35.5. The summed E-state index contributed by atoms with van der Waals surface area (Å²) in [7, 11) is 0. The molecule has 0 amide bonds. The lowest BCUT2D eigenvalue weighted by Crippen LogP contribution is -2.03. The van der Waals surface area contributed by atoms with Crippen LogP contribution in [-0.4, -0.2) is 10.9 Å². The third kappa shape index (κ3) is 2.39. The minimum absolute atomic E-state index is 0.0130. The summed E-state index contributed by atoms with van der Waals surface area (Å²) in [6.07, 6.45) is 2.38. The van der Waals surface area contributed by atoms with Crippen molar-refractivity contribution in [3.8, 4) is 5.75 Å². The van der Waals surface area contributed by atoms with E-state index in [1.165, 1.54) is 12.1 Å². The van der Waals surface area contributed by atoms with Gasteiger partial charge in [0, 0.05) is 5.56 Å². The summed E-state index contributed by atoms with van der Waals surface area (Å²) in [5.41, 5.74) is 0.989. The summed E-state index contributed by atoms with van der Waals surface area (Å²) >= 11 is 11.7. The summed E-state index contributed by atoms with van der Waals surface area (Å²) in [5.74, 6) is -0.279. The number of Topliss-reactive ketones (excluding diaryl/α,β-unsaturated/α-hetero) is 1. The quantitative estimate of drug-likeness (QED) is 0.651. The maximum absolute atomic E-state index is 12.0. The van der Waals surface area contributed by atoms with Gasteiger partial charge in [-0.15, -0.1) is 0 Å². The van der Waals surface area contributed by atoms with E-state index in [-0.39, 0.29) is 21.6 Å². The topological polar surface area (TPSA) is 37.3 Å². The predicted octanol–water partition coefficient (Wildman–Crippen LogP) is 4.24. The van der Waals surface area contributed by atoms with Crippen molar-refractivity contribution in [3.05, 3.63) is 39.4 Å². The van der Waals surface area contributed by atoms with Gasteiger partial charge in [-0.3, -0.25) is 4.79 Å². The number of aromatic hydroxyl groups is 1. The molecule has 0 fully saturated rings. The number of rotatable bonds is 3. The lowest BCUT2D eigenvalue weighted by Gasteiger charge is -2.07. The summed E-state index contributed by atoms with van der Waals surface area (Å²) in [6, 6.07) is 2.84. The van der Waals surface area contributed by atoms with Gasteiger partial charge in [-0.05, 0) is 31.1 Å². The molecule has 0 spiro atoms. The van der Waals surface area contributed by atoms with Gasteiger partial charge < -0.3 is 5.11 Å². The molecule has 0 aliphatic rings. The maximum Gasteiger partial charge on any atom is 0.190 e. The van der Waals surface area contributed by atoms with Crippen molar-refractivity contribution in [1.82, 2.24) is 0 Å². The van der Waals surface area contributed by atoms with Gasteiger partial charge in [-0.2, -0.15) is 0 Å². The molecule has 1 aromatic carbocycles. The summed E-state index contributed by atoms with van der Waals surface area (Å²) < 4.78 is 0. The minimum Gasteiger partial charge on any atom is -0.506 e. The van der Waals surface area contributed by atoms with Crippen molar-refractivity contribution in [2.75, 3.05) is 0 Å². The number of benzene rings is 1. The molecule has 0 aliphatic carbocycles. The van der Waals surface area contributed by atoms with E-state index in [0.717, 1.165) is 0 Å². The highest BCUT2D eigenvalue weighted by Gasteiger charge is 2.17. The van der Waals surface area contributed by atoms with E-state index in [2.05, 4.69) is 0 Å². The van der Waals surface area contributed by atoms with Crippen LogP contribution in [0.4, 0.5) is 0 Å². The molecular weight excluding hydrogens is 247 g/mol. The Morgan fingerprint density at radius 2 is 2.00 bits per heavy atom. The van der Waals surface area contributed by atoms with E-state index in [0.29, 0.717) is 17.6 Å². The zero-order valence-electron chi connectivity index (χ0n) is 9.05. The van der Waals surface area contributed by atoms with Crippen molar-refractivity contribution >= 4 is 29.0 Å². The zero-order chi connectivity index (χ0) is 12.3. The first-order chi connectivity index (χ1) is 7.52. The third-order valence-electron chi connectivity index (χ3n) is 2.33. The largest absolute Gasteiger partial charge is 0.506 e. The van der Waals surface area contributed by atoms with Crippen molar-refractivity contribution in [2.45, 2.75) is 20.3 Å². The fourth-order valence-corrected chi connectivity index (χ4v) is 1.79. The molecular formula is C12H12Cl2O2. The van der Waals surface area contributed by atoms with Gasteiger partial charge >= 0.3 is 0 Å². The van der Waals surface area contributed by atoms with Gasteiger partial charge in [-0.25, -0.2) is 0 Å².